The molecule has 4 aliphatic rings. The second kappa shape index (κ2) is 4.79. The first-order valence-electron chi connectivity index (χ1n) is 9.27. The summed E-state index contributed by atoms with van der Waals surface area (Å²) in [7, 11) is 0. The number of hydrogen-bond donors (Lipinski definition) is 1. The van der Waals surface area contributed by atoms with Crippen LogP contribution in [0.2, 0.25) is 0 Å². The molecule has 1 N–H and O–H groups in total. The molecular weight excluding hydrogens is 304 g/mol. The van der Waals surface area contributed by atoms with Crippen molar-refractivity contribution in [2.24, 2.45) is 22.7 Å². The molecule has 6 atom stereocenters. The number of aliphatic hydroxyl groups is 1. The SMILES string of the molecule is C=C1C(=O)[C@]23O[C@@H]2[C@H]1CCC(=O)[C@]1(C)CCCC(C)(C)[C@H]1C[C@H]3O. The summed E-state index contributed by atoms with van der Waals surface area (Å²) >= 11 is 0. The van der Waals surface area contributed by atoms with Crippen LogP contribution in [0.15, 0.2) is 12.2 Å². The second-order valence-corrected chi connectivity index (χ2v) is 9.32. The van der Waals surface area contributed by atoms with Gasteiger partial charge >= 0.3 is 0 Å². The summed E-state index contributed by atoms with van der Waals surface area (Å²) in [6.45, 7) is 10.4. The Kier molecular flexibility index (Phi) is 3.29. The topological polar surface area (TPSA) is 66.9 Å². The Balaban J connectivity index is 1.77. The van der Waals surface area contributed by atoms with Gasteiger partial charge in [0.25, 0.3) is 0 Å². The van der Waals surface area contributed by atoms with Crippen molar-refractivity contribution in [1.29, 1.82) is 0 Å². The van der Waals surface area contributed by atoms with Gasteiger partial charge < -0.3 is 9.84 Å². The molecule has 132 valence electrons. The maximum absolute atomic E-state index is 13.1. The van der Waals surface area contributed by atoms with Crippen LogP contribution in [0.25, 0.3) is 0 Å². The van der Waals surface area contributed by atoms with Gasteiger partial charge in [0.1, 0.15) is 11.9 Å². The highest BCUT2D eigenvalue weighted by molar-refractivity contribution is 6.08. The molecule has 4 heteroatoms. The van der Waals surface area contributed by atoms with Crippen LogP contribution in [0.3, 0.4) is 0 Å². The van der Waals surface area contributed by atoms with Crippen molar-refractivity contribution in [1.82, 2.24) is 0 Å². The standard InChI is InChI=1S/C20H28O4/c1-11-12-6-7-14(21)19(4)9-5-8-18(2,3)13(19)10-15(22)20(16(11)23)17(12)24-20/h12-13,15,17,22H,1,5-10H2,2-4H3/t12-,13+,15+,17+,19+,20-/m0/s1. The predicted molar refractivity (Wildman–Crippen MR) is 89.3 cm³/mol. The Morgan fingerprint density at radius 2 is 1.92 bits per heavy atom. The molecule has 0 radical (unpaired) electrons. The van der Waals surface area contributed by atoms with E-state index >= 15 is 0 Å². The first-order chi connectivity index (χ1) is 11.1. The van der Waals surface area contributed by atoms with Gasteiger partial charge in [-0.2, -0.15) is 0 Å². The zero-order valence-electron chi connectivity index (χ0n) is 14.9. The third-order valence-electron chi connectivity index (χ3n) is 7.65. The first kappa shape index (κ1) is 16.5. The third-order valence-corrected chi connectivity index (χ3v) is 7.65. The first-order valence-corrected chi connectivity index (χ1v) is 9.27. The number of fused-ring (bicyclic) bond motifs is 1. The molecule has 0 aromatic heterocycles. The molecule has 0 unspecified atom stereocenters. The number of Topliss-reactive ketones (excluding diaryl/α,β-unsaturated/α-hetero) is 2. The summed E-state index contributed by atoms with van der Waals surface area (Å²) in [6.07, 6.45) is 3.41. The Bertz CT molecular complexity index is 636. The van der Waals surface area contributed by atoms with Crippen LogP contribution >= 0.6 is 0 Å². The number of hydrogen-bond acceptors (Lipinski definition) is 4. The number of epoxide rings is 1. The zero-order valence-corrected chi connectivity index (χ0v) is 14.9. The predicted octanol–water partition coefficient (Wildman–Crippen LogP) is 2.83. The minimum absolute atomic E-state index is 0.0259. The van der Waals surface area contributed by atoms with Gasteiger partial charge in [-0.25, -0.2) is 0 Å². The number of carbonyl (C=O) groups is 2. The maximum atomic E-state index is 13.1. The molecule has 1 saturated heterocycles. The summed E-state index contributed by atoms with van der Waals surface area (Å²) in [5, 5.41) is 11.0. The molecule has 0 spiro atoms. The quantitative estimate of drug-likeness (QED) is 0.547. The summed E-state index contributed by atoms with van der Waals surface area (Å²) in [4.78, 5) is 25.8. The van der Waals surface area contributed by atoms with Gasteiger partial charge in [-0.1, -0.05) is 33.8 Å². The third kappa shape index (κ3) is 1.87. The maximum Gasteiger partial charge on any atom is 0.195 e. The lowest BCUT2D eigenvalue weighted by atomic mass is 9.52. The monoisotopic (exact) mass is 332 g/mol. The van der Waals surface area contributed by atoms with E-state index < -0.39 is 17.1 Å². The Labute approximate surface area is 143 Å². The van der Waals surface area contributed by atoms with E-state index in [1.807, 2.05) is 0 Å². The molecule has 2 bridgehead atoms. The van der Waals surface area contributed by atoms with Crippen LogP contribution in [0.5, 0.6) is 0 Å². The fourth-order valence-corrected chi connectivity index (χ4v) is 6.09. The Hall–Kier alpha value is -1.00. The van der Waals surface area contributed by atoms with Crippen molar-refractivity contribution in [2.75, 3.05) is 0 Å². The molecular formula is C20H28O4. The minimum Gasteiger partial charge on any atom is -0.389 e. The highest BCUT2D eigenvalue weighted by Gasteiger charge is 2.75. The van der Waals surface area contributed by atoms with Gasteiger partial charge in [0.05, 0.1) is 6.10 Å². The molecule has 3 aliphatic carbocycles. The second-order valence-electron chi connectivity index (χ2n) is 9.32. The molecule has 4 nitrogen and oxygen atoms in total. The van der Waals surface area contributed by atoms with Crippen LogP contribution in [0.1, 0.15) is 59.3 Å². The van der Waals surface area contributed by atoms with Crippen LogP contribution in [0.4, 0.5) is 0 Å². The van der Waals surface area contributed by atoms with E-state index in [0.29, 0.717) is 24.8 Å². The van der Waals surface area contributed by atoms with Gasteiger partial charge in [-0.05, 0) is 42.6 Å². The van der Waals surface area contributed by atoms with E-state index in [-0.39, 0.29) is 34.9 Å². The van der Waals surface area contributed by atoms with E-state index in [1.54, 1.807) is 0 Å². The van der Waals surface area contributed by atoms with Crippen molar-refractivity contribution in [3.8, 4) is 0 Å². The molecule has 1 aliphatic heterocycles. The number of ether oxygens (including phenoxy) is 1. The summed E-state index contributed by atoms with van der Waals surface area (Å²) in [6, 6.07) is 0. The van der Waals surface area contributed by atoms with Crippen molar-refractivity contribution < 1.29 is 19.4 Å². The largest absolute Gasteiger partial charge is 0.389 e. The lowest BCUT2D eigenvalue weighted by molar-refractivity contribution is -0.141. The van der Waals surface area contributed by atoms with Crippen molar-refractivity contribution in [2.45, 2.75) is 77.1 Å². The van der Waals surface area contributed by atoms with Crippen molar-refractivity contribution in [3.63, 3.8) is 0 Å². The average Bonchev–Trinajstić information content (AvgIpc) is 3.21. The van der Waals surface area contributed by atoms with E-state index in [4.69, 9.17) is 4.74 Å². The van der Waals surface area contributed by atoms with E-state index in [0.717, 1.165) is 19.3 Å². The van der Waals surface area contributed by atoms with E-state index in [9.17, 15) is 14.7 Å². The number of rotatable bonds is 0. The lowest BCUT2D eigenvalue weighted by Gasteiger charge is -2.51. The van der Waals surface area contributed by atoms with Crippen LogP contribution in [0, 0.1) is 22.7 Å². The molecule has 24 heavy (non-hydrogen) atoms. The van der Waals surface area contributed by atoms with Gasteiger partial charge in [-0.3, -0.25) is 9.59 Å². The molecule has 0 amide bonds. The molecule has 0 aromatic carbocycles. The normalized spacial score (nSPS) is 50.2. The van der Waals surface area contributed by atoms with Gasteiger partial charge in [-0.15, -0.1) is 0 Å². The molecule has 4 rings (SSSR count). The van der Waals surface area contributed by atoms with Crippen molar-refractivity contribution >= 4 is 11.6 Å². The van der Waals surface area contributed by atoms with E-state index in [1.165, 1.54) is 0 Å². The molecule has 0 aromatic rings. The van der Waals surface area contributed by atoms with Crippen LogP contribution in [-0.4, -0.2) is 34.5 Å². The summed E-state index contributed by atoms with van der Waals surface area (Å²) < 4.78 is 5.77. The summed E-state index contributed by atoms with van der Waals surface area (Å²) in [5.74, 6) is 0.119. The summed E-state index contributed by atoms with van der Waals surface area (Å²) in [5.41, 5.74) is -0.948. The van der Waals surface area contributed by atoms with Crippen molar-refractivity contribution in [3.05, 3.63) is 12.2 Å². The molecule has 4 fully saturated rings. The highest BCUT2D eigenvalue weighted by Crippen LogP contribution is 2.61. The number of carbonyl (C=O) groups excluding carboxylic acids is 2. The smallest absolute Gasteiger partial charge is 0.195 e. The lowest BCUT2D eigenvalue weighted by Crippen LogP contribution is -2.50. The van der Waals surface area contributed by atoms with E-state index in [2.05, 4.69) is 27.4 Å². The average molecular weight is 332 g/mol. The Morgan fingerprint density at radius 3 is 2.62 bits per heavy atom. The fraction of sp³-hybridized carbons (Fsp3) is 0.800. The van der Waals surface area contributed by atoms with Gasteiger partial charge in [0, 0.05) is 17.8 Å². The number of aliphatic hydroxyl groups excluding tert-OH is 1. The Morgan fingerprint density at radius 1 is 1.21 bits per heavy atom. The van der Waals surface area contributed by atoms with Crippen LogP contribution < -0.4 is 0 Å². The fourth-order valence-electron chi connectivity index (χ4n) is 6.09. The van der Waals surface area contributed by atoms with Gasteiger partial charge in [0.15, 0.2) is 11.4 Å². The van der Waals surface area contributed by atoms with Gasteiger partial charge in [0.2, 0.25) is 0 Å². The molecule has 3 saturated carbocycles. The zero-order chi connectivity index (χ0) is 17.5. The number of ketones is 2. The minimum atomic E-state index is -1.06. The highest BCUT2D eigenvalue weighted by atomic mass is 16.6. The van der Waals surface area contributed by atoms with Crippen LogP contribution in [-0.2, 0) is 14.3 Å². The molecule has 1 heterocycles.